The second kappa shape index (κ2) is 8.22. The van der Waals surface area contributed by atoms with E-state index < -0.39 is 0 Å². The Balaban J connectivity index is 1.86. The number of aromatic nitrogens is 3. The van der Waals surface area contributed by atoms with Gasteiger partial charge in [0, 0.05) is 57.2 Å². The van der Waals surface area contributed by atoms with Gasteiger partial charge in [-0.15, -0.1) is 0 Å². The summed E-state index contributed by atoms with van der Waals surface area (Å²) in [6.07, 6.45) is 4.33. The summed E-state index contributed by atoms with van der Waals surface area (Å²) in [4.78, 5) is 18.1. The van der Waals surface area contributed by atoms with Crippen molar-refractivity contribution in [2.75, 3.05) is 57.1 Å². The Morgan fingerprint density at radius 2 is 1.92 bits per heavy atom. The first-order valence-corrected chi connectivity index (χ1v) is 8.75. The van der Waals surface area contributed by atoms with Crippen LogP contribution in [0.4, 0.5) is 11.6 Å². The molecule has 3 heterocycles. The third kappa shape index (κ3) is 4.05. The second-order valence-corrected chi connectivity index (χ2v) is 6.17. The summed E-state index contributed by atoms with van der Waals surface area (Å²) >= 11 is 0. The Kier molecular flexibility index (Phi) is 5.78. The van der Waals surface area contributed by atoms with Crippen LogP contribution in [0.3, 0.4) is 0 Å². The lowest BCUT2D eigenvalue weighted by atomic mass is 10.0. The minimum atomic E-state index is 0.520. The molecule has 3 rings (SSSR count). The number of rotatable bonds is 6. The number of pyridine rings is 1. The van der Waals surface area contributed by atoms with Crippen LogP contribution in [-0.2, 0) is 11.2 Å². The number of hydrogen-bond donors (Lipinski definition) is 1. The average molecular weight is 342 g/mol. The van der Waals surface area contributed by atoms with E-state index in [9.17, 15) is 0 Å². The lowest BCUT2D eigenvalue weighted by molar-refractivity contribution is 0.144. The number of aryl methyl sites for hydroxylation is 1. The van der Waals surface area contributed by atoms with Crippen molar-refractivity contribution in [2.45, 2.75) is 13.3 Å². The zero-order valence-electron chi connectivity index (χ0n) is 15.0. The first kappa shape index (κ1) is 17.6. The molecule has 1 aliphatic rings. The van der Waals surface area contributed by atoms with Gasteiger partial charge in [0.15, 0.2) is 0 Å². The van der Waals surface area contributed by atoms with Crippen molar-refractivity contribution in [3.8, 4) is 11.1 Å². The van der Waals surface area contributed by atoms with E-state index in [0.717, 1.165) is 68.4 Å². The number of nitrogen functional groups attached to an aromatic ring is 1. The Morgan fingerprint density at radius 1 is 1.12 bits per heavy atom. The topological polar surface area (TPSA) is 80.4 Å². The Labute approximate surface area is 148 Å². The van der Waals surface area contributed by atoms with E-state index >= 15 is 0 Å². The highest BCUT2D eigenvalue weighted by Gasteiger charge is 2.22. The Morgan fingerprint density at radius 3 is 2.56 bits per heavy atom. The molecule has 0 spiro atoms. The minimum absolute atomic E-state index is 0.520. The van der Waals surface area contributed by atoms with Crippen LogP contribution in [-0.4, -0.2) is 66.3 Å². The van der Waals surface area contributed by atoms with Crippen LogP contribution in [0.25, 0.3) is 11.1 Å². The van der Waals surface area contributed by atoms with Crippen molar-refractivity contribution in [2.24, 2.45) is 0 Å². The zero-order chi connectivity index (χ0) is 17.6. The molecular weight excluding hydrogens is 316 g/mol. The zero-order valence-corrected chi connectivity index (χ0v) is 15.0. The molecule has 2 aromatic rings. The summed E-state index contributed by atoms with van der Waals surface area (Å²) in [7, 11) is 1.75. The van der Waals surface area contributed by atoms with Crippen LogP contribution in [0.5, 0.6) is 0 Å². The first-order chi connectivity index (χ1) is 12.2. The predicted octanol–water partition coefficient (Wildman–Crippen LogP) is 1.45. The molecule has 0 atom stereocenters. The number of ether oxygens (including phenoxy) is 1. The van der Waals surface area contributed by atoms with Gasteiger partial charge in [-0.3, -0.25) is 4.90 Å². The van der Waals surface area contributed by atoms with Gasteiger partial charge in [-0.25, -0.2) is 15.0 Å². The molecular formula is C18H26N6O. The summed E-state index contributed by atoms with van der Waals surface area (Å²) in [5, 5.41) is 0. The maximum absolute atomic E-state index is 5.74. The highest BCUT2D eigenvalue weighted by atomic mass is 16.5. The number of hydrogen-bond acceptors (Lipinski definition) is 7. The van der Waals surface area contributed by atoms with Gasteiger partial charge in [0.1, 0.15) is 18.0 Å². The van der Waals surface area contributed by atoms with E-state index in [4.69, 9.17) is 10.5 Å². The Bertz CT molecular complexity index is 682. The van der Waals surface area contributed by atoms with Gasteiger partial charge in [0.25, 0.3) is 0 Å². The number of nitrogens with zero attached hydrogens (tertiary/aromatic N) is 5. The molecule has 7 nitrogen and oxygen atoms in total. The molecule has 1 aliphatic heterocycles. The van der Waals surface area contributed by atoms with E-state index in [1.54, 1.807) is 13.4 Å². The van der Waals surface area contributed by atoms with Crippen LogP contribution in [0.1, 0.15) is 12.6 Å². The summed E-state index contributed by atoms with van der Waals surface area (Å²) in [5.74, 6) is 1.51. The first-order valence-electron chi connectivity index (χ1n) is 8.75. The lowest BCUT2D eigenvalue weighted by Crippen LogP contribution is -2.47. The van der Waals surface area contributed by atoms with Gasteiger partial charge in [0.2, 0.25) is 0 Å². The highest BCUT2D eigenvalue weighted by molar-refractivity contribution is 5.78. The lowest BCUT2D eigenvalue weighted by Gasteiger charge is -2.36. The normalized spacial score (nSPS) is 15.5. The molecule has 7 heteroatoms. The third-order valence-corrected chi connectivity index (χ3v) is 4.60. The smallest absolute Gasteiger partial charge is 0.140 e. The molecule has 0 unspecified atom stereocenters. The van der Waals surface area contributed by atoms with Gasteiger partial charge in [-0.2, -0.15) is 0 Å². The standard InChI is InChI=1S/C18H26N6O/c1-3-15-17(14-4-5-16(19)20-12-14)18(22-13-21-15)24-8-6-23(7-9-24)10-11-25-2/h4-5,12-13H,3,6-11H2,1-2H3,(H2,19,20). The molecule has 0 radical (unpaired) electrons. The predicted molar refractivity (Wildman–Crippen MR) is 99.6 cm³/mol. The average Bonchev–Trinajstić information content (AvgIpc) is 2.67. The monoisotopic (exact) mass is 342 g/mol. The van der Waals surface area contributed by atoms with Gasteiger partial charge >= 0.3 is 0 Å². The number of piperazine rings is 1. The number of anilines is 2. The fourth-order valence-electron chi connectivity index (χ4n) is 3.17. The van der Waals surface area contributed by atoms with Gasteiger partial charge in [-0.1, -0.05) is 6.92 Å². The molecule has 0 bridgehead atoms. The van der Waals surface area contributed by atoms with Gasteiger partial charge in [-0.05, 0) is 18.6 Å². The second-order valence-electron chi connectivity index (χ2n) is 6.17. The molecule has 0 amide bonds. The minimum Gasteiger partial charge on any atom is -0.384 e. The summed E-state index contributed by atoms with van der Waals surface area (Å²) in [5.41, 5.74) is 8.87. The van der Waals surface area contributed by atoms with Crippen molar-refractivity contribution in [3.05, 3.63) is 30.4 Å². The molecule has 134 valence electrons. The van der Waals surface area contributed by atoms with Crippen molar-refractivity contribution in [1.82, 2.24) is 19.9 Å². The van der Waals surface area contributed by atoms with E-state index in [1.807, 2.05) is 18.3 Å². The van der Waals surface area contributed by atoms with Crippen molar-refractivity contribution in [1.29, 1.82) is 0 Å². The van der Waals surface area contributed by atoms with Crippen LogP contribution >= 0.6 is 0 Å². The van der Waals surface area contributed by atoms with E-state index in [1.165, 1.54) is 0 Å². The van der Waals surface area contributed by atoms with Crippen LogP contribution in [0.15, 0.2) is 24.7 Å². The van der Waals surface area contributed by atoms with E-state index in [2.05, 4.69) is 31.7 Å². The maximum atomic E-state index is 5.74. The van der Waals surface area contributed by atoms with Gasteiger partial charge in [0.05, 0.1) is 12.3 Å². The number of nitrogens with two attached hydrogens (primary N) is 1. The maximum Gasteiger partial charge on any atom is 0.140 e. The van der Waals surface area contributed by atoms with Crippen molar-refractivity contribution in [3.63, 3.8) is 0 Å². The molecule has 1 fully saturated rings. The summed E-state index contributed by atoms with van der Waals surface area (Å²) in [6, 6.07) is 3.83. The SMILES string of the molecule is CCc1ncnc(N2CCN(CCOC)CC2)c1-c1ccc(N)nc1. The van der Waals surface area contributed by atoms with E-state index in [-0.39, 0.29) is 0 Å². The fourth-order valence-corrected chi connectivity index (χ4v) is 3.17. The van der Waals surface area contributed by atoms with Crippen LogP contribution in [0.2, 0.25) is 0 Å². The highest BCUT2D eigenvalue weighted by Crippen LogP contribution is 2.32. The molecule has 25 heavy (non-hydrogen) atoms. The largest absolute Gasteiger partial charge is 0.384 e. The van der Waals surface area contributed by atoms with Crippen molar-refractivity contribution < 1.29 is 4.74 Å². The van der Waals surface area contributed by atoms with Crippen molar-refractivity contribution >= 4 is 11.6 Å². The quantitative estimate of drug-likeness (QED) is 0.851. The molecule has 1 saturated heterocycles. The Hall–Kier alpha value is -2.25. The molecule has 2 aromatic heterocycles. The molecule has 0 aromatic carbocycles. The molecule has 2 N–H and O–H groups in total. The van der Waals surface area contributed by atoms with Gasteiger partial charge < -0.3 is 15.4 Å². The van der Waals surface area contributed by atoms with E-state index in [0.29, 0.717) is 5.82 Å². The third-order valence-electron chi connectivity index (χ3n) is 4.60. The molecule has 0 saturated carbocycles. The van der Waals surface area contributed by atoms with Crippen LogP contribution < -0.4 is 10.6 Å². The summed E-state index contributed by atoms with van der Waals surface area (Å²) in [6.45, 7) is 7.77. The summed E-state index contributed by atoms with van der Waals surface area (Å²) < 4.78 is 5.18. The van der Waals surface area contributed by atoms with Crippen LogP contribution in [0, 0.1) is 0 Å². The number of methoxy groups -OCH3 is 1. The molecule has 0 aliphatic carbocycles. The fraction of sp³-hybridized carbons (Fsp3) is 0.500.